The van der Waals surface area contributed by atoms with Gasteiger partial charge in [0.1, 0.15) is 18.1 Å². The Hall–Kier alpha value is -2.76. The van der Waals surface area contributed by atoms with Gasteiger partial charge in [-0.2, -0.15) is 0 Å². The number of hydrogen-bond donors (Lipinski definition) is 0. The average molecular weight is 382 g/mol. The molecule has 2 saturated heterocycles. The van der Waals surface area contributed by atoms with Crippen molar-refractivity contribution in [2.24, 2.45) is 0 Å². The number of cyclic esters (lactones) is 1. The highest BCUT2D eigenvalue weighted by Crippen LogP contribution is 2.33. The number of aryl methyl sites for hydroxylation is 1. The van der Waals surface area contributed by atoms with Crippen molar-refractivity contribution in [1.29, 1.82) is 0 Å². The molecule has 0 bridgehead atoms. The summed E-state index contributed by atoms with van der Waals surface area (Å²) in [5.41, 5.74) is 1.29. The van der Waals surface area contributed by atoms with E-state index in [0.29, 0.717) is 30.9 Å². The molecule has 0 N–H and O–H groups in total. The smallest absolute Gasteiger partial charge is 0.414 e. The van der Waals surface area contributed by atoms with E-state index in [1.165, 1.54) is 0 Å². The SMILES string of the molecule is CCc1ccc(C2CCCCCN2C(=O)c2cccc(N3CCOC3=O)c2)o1. The van der Waals surface area contributed by atoms with Gasteiger partial charge < -0.3 is 14.1 Å². The molecule has 4 rings (SSSR count). The van der Waals surface area contributed by atoms with Gasteiger partial charge in [-0.05, 0) is 43.2 Å². The number of benzene rings is 1. The standard InChI is InChI=1S/C22H26N2O4/c1-2-18-10-11-20(28-18)19-9-4-3-5-12-24(19)21(25)16-7-6-8-17(15-16)23-13-14-27-22(23)26/h6-8,10-11,15,19H,2-5,9,12-14H2,1H3. The third-order valence-corrected chi connectivity index (χ3v) is 5.54. The van der Waals surface area contributed by atoms with Gasteiger partial charge in [0, 0.05) is 24.2 Å². The van der Waals surface area contributed by atoms with Crippen LogP contribution in [0.15, 0.2) is 40.8 Å². The summed E-state index contributed by atoms with van der Waals surface area (Å²) in [5, 5.41) is 0. The third-order valence-electron chi connectivity index (χ3n) is 5.54. The molecule has 0 aliphatic carbocycles. The maximum atomic E-state index is 13.4. The Labute approximate surface area is 165 Å². The first-order valence-corrected chi connectivity index (χ1v) is 10.1. The van der Waals surface area contributed by atoms with E-state index in [9.17, 15) is 9.59 Å². The van der Waals surface area contributed by atoms with Crippen molar-refractivity contribution < 1.29 is 18.7 Å². The second-order valence-electron chi connectivity index (χ2n) is 7.34. The fourth-order valence-corrected chi connectivity index (χ4v) is 4.01. The van der Waals surface area contributed by atoms with Crippen molar-refractivity contribution in [3.63, 3.8) is 0 Å². The van der Waals surface area contributed by atoms with Crippen LogP contribution in [0.4, 0.5) is 10.5 Å². The Morgan fingerprint density at radius 3 is 2.79 bits per heavy atom. The summed E-state index contributed by atoms with van der Waals surface area (Å²) in [6.45, 7) is 3.66. The zero-order chi connectivity index (χ0) is 19.5. The number of nitrogens with zero attached hydrogens (tertiary/aromatic N) is 2. The molecular formula is C22H26N2O4. The minimum absolute atomic E-state index is 0.0178. The van der Waals surface area contributed by atoms with Crippen LogP contribution in [0, 0.1) is 0 Å². The third kappa shape index (κ3) is 3.63. The van der Waals surface area contributed by atoms with Crippen molar-refractivity contribution in [3.05, 3.63) is 53.5 Å². The van der Waals surface area contributed by atoms with Crippen LogP contribution in [-0.4, -0.2) is 36.6 Å². The highest BCUT2D eigenvalue weighted by atomic mass is 16.6. The summed E-state index contributed by atoms with van der Waals surface area (Å²) in [6.07, 6.45) is 4.56. The summed E-state index contributed by atoms with van der Waals surface area (Å²) in [6, 6.07) is 11.2. The number of ether oxygens (including phenoxy) is 1. The molecule has 0 spiro atoms. The van der Waals surface area contributed by atoms with Gasteiger partial charge in [0.05, 0.1) is 12.6 Å². The lowest BCUT2D eigenvalue weighted by Crippen LogP contribution is -2.35. The molecular weight excluding hydrogens is 356 g/mol. The van der Waals surface area contributed by atoms with Crippen LogP contribution in [-0.2, 0) is 11.2 Å². The molecule has 2 aliphatic heterocycles. The Kier molecular flexibility index (Phi) is 5.37. The molecule has 1 aromatic carbocycles. The monoisotopic (exact) mass is 382 g/mol. The molecule has 0 saturated carbocycles. The fraction of sp³-hybridized carbons (Fsp3) is 0.455. The fourth-order valence-electron chi connectivity index (χ4n) is 4.01. The van der Waals surface area contributed by atoms with Gasteiger partial charge in [0.2, 0.25) is 0 Å². The lowest BCUT2D eigenvalue weighted by Gasteiger charge is -2.29. The van der Waals surface area contributed by atoms with Crippen molar-refractivity contribution in [1.82, 2.24) is 4.90 Å². The number of hydrogen-bond acceptors (Lipinski definition) is 4. The van der Waals surface area contributed by atoms with Gasteiger partial charge in [-0.25, -0.2) is 4.79 Å². The topological polar surface area (TPSA) is 63.0 Å². The largest absolute Gasteiger partial charge is 0.464 e. The number of furan rings is 1. The lowest BCUT2D eigenvalue weighted by atomic mass is 10.1. The Bertz CT molecular complexity index is 860. The van der Waals surface area contributed by atoms with Crippen molar-refractivity contribution in [2.75, 3.05) is 24.6 Å². The van der Waals surface area contributed by atoms with E-state index < -0.39 is 0 Å². The van der Waals surface area contributed by atoms with Gasteiger partial charge in [-0.15, -0.1) is 0 Å². The summed E-state index contributed by atoms with van der Waals surface area (Å²) >= 11 is 0. The van der Waals surface area contributed by atoms with Crippen LogP contribution in [0.2, 0.25) is 0 Å². The van der Waals surface area contributed by atoms with Crippen LogP contribution in [0.1, 0.15) is 60.5 Å². The Morgan fingerprint density at radius 2 is 2.04 bits per heavy atom. The summed E-state index contributed by atoms with van der Waals surface area (Å²) in [4.78, 5) is 28.8. The van der Waals surface area contributed by atoms with E-state index in [0.717, 1.165) is 43.6 Å². The van der Waals surface area contributed by atoms with E-state index in [4.69, 9.17) is 9.15 Å². The molecule has 148 valence electrons. The number of amides is 2. The Balaban J connectivity index is 1.61. The number of anilines is 1. The first-order chi connectivity index (χ1) is 13.7. The number of rotatable bonds is 4. The molecule has 1 aromatic heterocycles. The molecule has 2 fully saturated rings. The van der Waals surface area contributed by atoms with Gasteiger partial charge in [-0.3, -0.25) is 9.69 Å². The van der Waals surface area contributed by atoms with Crippen molar-refractivity contribution in [2.45, 2.75) is 45.1 Å². The van der Waals surface area contributed by atoms with Crippen LogP contribution in [0.3, 0.4) is 0 Å². The quantitative estimate of drug-likeness (QED) is 0.778. The molecule has 6 heteroatoms. The van der Waals surface area contributed by atoms with Gasteiger partial charge in [-0.1, -0.05) is 25.8 Å². The molecule has 1 atom stereocenters. The zero-order valence-corrected chi connectivity index (χ0v) is 16.2. The van der Waals surface area contributed by atoms with Gasteiger partial charge in [0.25, 0.3) is 5.91 Å². The van der Waals surface area contributed by atoms with E-state index in [2.05, 4.69) is 6.92 Å². The Morgan fingerprint density at radius 1 is 1.14 bits per heavy atom. The van der Waals surface area contributed by atoms with Crippen LogP contribution in [0.25, 0.3) is 0 Å². The lowest BCUT2D eigenvalue weighted by molar-refractivity contribution is 0.0657. The van der Waals surface area contributed by atoms with Gasteiger partial charge >= 0.3 is 6.09 Å². The highest BCUT2D eigenvalue weighted by Gasteiger charge is 2.30. The minimum atomic E-state index is -0.361. The zero-order valence-electron chi connectivity index (χ0n) is 16.2. The minimum Gasteiger partial charge on any atom is -0.464 e. The summed E-state index contributed by atoms with van der Waals surface area (Å²) in [5.74, 6) is 1.79. The van der Waals surface area contributed by atoms with Crippen LogP contribution >= 0.6 is 0 Å². The molecule has 1 unspecified atom stereocenters. The maximum Gasteiger partial charge on any atom is 0.414 e. The van der Waals surface area contributed by atoms with E-state index >= 15 is 0 Å². The van der Waals surface area contributed by atoms with E-state index in [1.807, 2.05) is 35.2 Å². The number of carbonyl (C=O) groups excluding carboxylic acids is 2. The second-order valence-corrected chi connectivity index (χ2v) is 7.34. The molecule has 6 nitrogen and oxygen atoms in total. The molecule has 3 heterocycles. The average Bonchev–Trinajstić information content (AvgIpc) is 3.30. The normalized spacial score (nSPS) is 20.2. The predicted octanol–water partition coefficient (Wildman–Crippen LogP) is 4.56. The van der Waals surface area contributed by atoms with E-state index in [-0.39, 0.29) is 18.0 Å². The second kappa shape index (κ2) is 8.09. The first-order valence-electron chi connectivity index (χ1n) is 10.1. The first kappa shape index (κ1) is 18.6. The summed E-state index contributed by atoms with van der Waals surface area (Å²) in [7, 11) is 0. The highest BCUT2D eigenvalue weighted by molar-refractivity contribution is 5.97. The van der Waals surface area contributed by atoms with Gasteiger partial charge in [0.15, 0.2) is 0 Å². The predicted molar refractivity (Wildman–Crippen MR) is 105 cm³/mol. The van der Waals surface area contributed by atoms with Crippen molar-refractivity contribution in [3.8, 4) is 0 Å². The van der Waals surface area contributed by atoms with Crippen LogP contribution in [0.5, 0.6) is 0 Å². The van der Waals surface area contributed by atoms with Crippen LogP contribution < -0.4 is 4.90 Å². The van der Waals surface area contributed by atoms with E-state index in [1.54, 1.807) is 11.0 Å². The van der Waals surface area contributed by atoms with Crippen molar-refractivity contribution >= 4 is 17.7 Å². The maximum absolute atomic E-state index is 13.4. The molecule has 0 radical (unpaired) electrons. The molecule has 2 aliphatic rings. The summed E-state index contributed by atoms with van der Waals surface area (Å²) < 4.78 is 11.0. The molecule has 2 amide bonds. The number of carbonyl (C=O) groups is 2. The molecule has 2 aromatic rings. The number of likely N-dealkylation sites (tertiary alicyclic amines) is 1. The molecule has 28 heavy (non-hydrogen) atoms.